The number of carbonyl (C=O) groups is 2. The van der Waals surface area contributed by atoms with Crippen LogP contribution in [0.3, 0.4) is 0 Å². The molecule has 4 rings (SSSR count). The van der Waals surface area contributed by atoms with Crippen LogP contribution < -0.4 is 25.6 Å². The molecule has 0 bridgehead atoms. The summed E-state index contributed by atoms with van der Waals surface area (Å²) in [5.74, 6) is 0.676. The Morgan fingerprint density at radius 2 is 1.88 bits per heavy atom. The van der Waals surface area contributed by atoms with E-state index in [0.717, 1.165) is 5.69 Å². The Balaban J connectivity index is 1.30. The van der Waals surface area contributed by atoms with E-state index in [1.807, 2.05) is 23.1 Å². The highest BCUT2D eigenvalue weighted by atomic mass is 35.5. The molecule has 9 nitrogen and oxygen atoms in total. The molecule has 2 amide bonds. The number of nitrogens with zero attached hydrogens (tertiary/aromatic N) is 2. The normalized spacial score (nSPS) is 21.0. The molecule has 176 valence electrons. The summed E-state index contributed by atoms with van der Waals surface area (Å²) in [5, 5.41) is 3.29. The number of anilines is 1. The molecule has 0 saturated carbocycles. The Bertz CT molecular complexity index is 998. The van der Waals surface area contributed by atoms with Gasteiger partial charge in [-0.25, -0.2) is 10.9 Å². The average molecular weight is 474 g/mol. The van der Waals surface area contributed by atoms with Crippen molar-refractivity contribution in [2.24, 2.45) is 5.92 Å². The first-order valence-electron chi connectivity index (χ1n) is 10.9. The number of nitrogens with one attached hydrogen (secondary N) is 3. The molecule has 2 aliphatic heterocycles. The number of amides is 2. The summed E-state index contributed by atoms with van der Waals surface area (Å²) >= 11 is 6.20. The maximum absolute atomic E-state index is 13.0. The molecular weight excluding hydrogens is 446 g/mol. The number of hydrogen-bond donors (Lipinski definition) is 3. The average Bonchev–Trinajstić information content (AvgIpc) is 3.35. The summed E-state index contributed by atoms with van der Waals surface area (Å²) in [5.41, 5.74) is 7.67. The lowest BCUT2D eigenvalue weighted by Gasteiger charge is -2.33. The number of hydrazine groups is 1. The van der Waals surface area contributed by atoms with Gasteiger partial charge in [0.25, 0.3) is 0 Å². The van der Waals surface area contributed by atoms with Crippen LogP contribution in [0.25, 0.3) is 0 Å². The number of likely N-dealkylation sites (tertiary alicyclic amines) is 1. The van der Waals surface area contributed by atoms with Crippen LogP contribution >= 0.6 is 11.6 Å². The molecule has 0 aliphatic carbocycles. The molecule has 0 radical (unpaired) electrons. The third kappa shape index (κ3) is 5.21. The minimum absolute atomic E-state index is 0.00484. The van der Waals surface area contributed by atoms with Gasteiger partial charge in [-0.3, -0.25) is 14.6 Å². The molecule has 3 heterocycles. The first-order chi connectivity index (χ1) is 16.0. The van der Waals surface area contributed by atoms with Gasteiger partial charge in [0.15, 0.2) is 0 Å². The second-order valence-corrected chi connectivity index (χ2v) is 8.57. The third-order valence-corrected chi connectivity index (χ3v) is 6.45. The van der Waals surface area contributed by atoms with Crippen LogP contribution in [0.1, 0.15) is 31.0 Å². The molecule has 33 heavy (non-hydrogen) atoms. The van der Waals surface area contributed by atoms with Crippen molar-refractivity contribution in [3.63, 3.8) is 0 Å². The minimum Gasteiger partial charge on any atom is -0.495 e. The van der Waals surface area contributed by atoms with Gasteiger partial charge in [-0.15, -0.1) is 0 Å². The molecule has 10 heteroatoms. The van der Waals surface area contributed by atoms with Crippen molar-refractivity contribution >= 4 is 29.1 Å². The lowest BCUT2D eigenvalue weighted by Crippen LogP contribution is -2.49. The van der Waals surface area contributed by atoms with Crippen LogP contribution in [0.2, 0.25) is 5.02 Å². The molecule has 2 atom stereocenters. The number of halogens is 1. The number of piperidine rings is 1. The molecule has 2 aliphatic rings. The molecule has 2 fully saturated rings. The summed E-state index contributed by atoms with van der Waals surface area (Å²) in [4.78, 5) is 32.0. The summed E-state index contributed by atoms with van der Waals surface area (Å²) in [7, 11) is 3.04. The zero-order valence-corrected chi connectivity index (χ0v) is 19.4. The standard InChI is InChI=1S/C23H28ClN5O4/c1-32-20-13-21(33-2)18(11-15(20)24)26-22(30)14-6-9-29(10-7-14)23(31)19-12-17(27-28-19)16-5-3-4-8-25-16/h3-5,8,11,13-14,17,19,27-28H,6-7,9-10,12H2,1-2H3,(H,26,30). The van der Waals surface area contributed by atoms with E-state index in [2.05, 4.69) is 21.2 Å². The predicted molar refractivity (Wildman–Crippen MR) is 124 cm³/mol. The molecule has 2 unspecified atom stereocenters. The van der Waals surface area contributed by atoms with E-state index < -0.39 is 0 Å². The van der Waals surface area contributed by atoms with Crippen molar-refractivity contribution in [2.75, 3.05) is 32.6 Å². The maximum atomic E-state index is 13.0. The molecule has 2 aromatic rings. The van der Waals surface area contributed by atoms with Crippen molar-refractivity contribution in [2.45, 2.75) is 31.3 Å². The Kier molecular flexibility index (Phi) is 7.32. The van der Waals surface area contributed by atoms with Crippen molar-refractivity contribution < 1.29 is 19.1 Å². The highest BCUT2D eigenvalue weighted by molar-refractivity contribution is 6.32. The number of benzene rings is 1. The van der Waals surface area contributed by atoms with E-state index in [-0.39, 0.29) is 29.8 Å². The molecule has 1 aromatic carbocycles. The third-order valence-electron chi connectivity index (χ3n) is 6.16. The summed E-state index contributed by atoms with van der Waals surface area (Å²) in [6, 6.07) is 8.69. The Labute approximate surface area is 197 Å². The van der Waals surface area contributed by atoms with Gasteiger partial charge in [0.2, 0.25) is 11.8 Å². The van der Waals surface area contributed by atoms with Gasteiger partial charge in [-0.1, -0.05) is 17.7 Å². The smallest absolute Gasteiger partial charge is 0.241 e. The lowest BCUT2D eigenvalue weighted by atomic mass is 9.95. The van der Waals surface area contributed by atoms with E-state index in [1.165, 1.54) is 14.2 Å². The number of carbonyl (C=O) groups excluding carboxylic acids is 2. The molecule has 0 spiro atoms. The number of methoxy groups -OCH3 is 2. The highest BCUT2D eigenvalue weighted by Crippen LogP contribution is 2.36. The first kappa shape index (κ1) is 23.3. The first-order valence-corrected chi connectivity index (χ1v) is 11.3. The fourth-order valence-electron chi connectivity index (χ4n) is 4.27. The quantitative estimate of drug-likeness (QED) is 0.592. The van der Waals surface area contributed by atoms with Crippen LogP contribution in [0.15, 0.2) is 36.5 Å². The van der Waals surface area contributed by atoms with Crippen LogP contribution in [0, 0.1) is 5.92 Å². The Hall–Kier alpha value is -2.88. The van der Waals surface area contributed by atoms with Gasteiger partial charge < -0.3 is 19.7 Å². The van der Waals surface area contributed by atoms with E-state index in [1.54, 1.807) is 18.3 Å². The number of aromatic nitrogens is 1. The second kappa shape index (κ2) is 10.4. The summed E-state index contributed by atoms with van der Waals surface area (Å²) in [6.07, 6.45) is 3.56. The molecular formula is C23H28ClN5O4. The van der Waals surface area contributed by atoms with Crippen molar-refractivity contribution in [3.8, 4) is 11.5 Å². The largest absolute Gasteiger partial charge is 0.495 e. The maximum Gasteiger partial charge on any atom is 0.241 e. The monoisotopic (exact) mass is 473 g/mol. The molecule has 3 N–H and O–H groups in total. The number of ether oxygens (including phenoxy) is 2. The van der Waals surface area contributed by atoms with E-state index >= 15 is 0 Å². The van der Waals surface area contributed by atoms with Gasteiger partial charge >= 0.3 is 0 Å². The Morgan fingerprint density at radius 1 is 1.12 bits per heavy atom. The van der Waals surface area contributed by atoms with E-state index in [9.17, 15) is 9.59 Å². The number of rotatable bonds is 6. The zero-order chi connectivity index (χ0) is 23.4. The van der Waals surface area contributed by atoms with E-state index in [0.29, 0.717) is 54.6 Å². The van der Waals surface area contributed by atoms with Gasteiger partial charge in [-0.05, 0) is 37.5 Å². The van der Waals surface area contributed by atoms with Crippen LogP contribution in [0.4, 0.5) is 5.69 Å². The van der Waals surface area contributed by atoms with Gasteiger partial charge in [-0.2, -0.15) is 0 Å². The van der Waals surface area contributed by atoms with Crippen molar-refractivity contribution in [1.29, 1.82) is 0 Å². The van der Waals surface area contributed by atoms with Crippen LogP contribution in [0.5, 0.6) is 11.5 Å². The summed E-state index contributed by atoms with van der Waals surface area (Å²) < 4.78 is 10.6. The van der Waals surface area contributed by atoms with Crippen LogP contribution in [-0.2, 0) is 9.59 Å². The topological polar surface area (TPSA) is 105 Å². The predicted octanol–water partition coefficient (Wildman–Crippen LogP) is 2.54. The van der Waals surface area contributed by atoms with Crippen molar-refractivity contribution in [3.05, 3.63) is 47.2 Å². The molecule has 2 saturated heterocycles. The fraction of sp³-hybridized carbons (Fsp3) is 0.435. The lowest BCUT2D eigenvalue weighted by molar-refractivity contribution is -0.136. The number of hydrogen-bond acceptors (Lipinski definition) is 7. The van der Waals surface area contributed by atoms with Gasteiger partial charge in [0.1, 0.15) is 17.5 Å². The van der Waals surface area contributed by atoms with Gasteiger partial charge in [0, 0.05) is 31.3 Å². The second-order valence-electron chi connectivity index (χ2n) is 8.16. The van der Waals surface area contributed by atoms with Crippen molar-refractivity contribution in [1.82, 2.24) is 20.7 Å². The van der Waals surface area contributed by atoms with Crippen LogP contribution in [-0.4, -0.2) is 55.0 Å². The minimum atomic E-state index is -0.312. The highest BCUT2D eigenvalue weighted by Gasteiger charge is 2.35. The SMILES string of the molecule is COc1cc(OC)c(NC(=O)C2CCN(C(=O)C3CC(c4ccccn4)NN3)CC2)cc1Cl. The Morgan fingerprint density at radius 3 is 2.55 bits per heavy atom. The zero-order valence-electron chi connectivity index (χ0n) is 18.6. The fourth-order valence-corrected chi connectivity index (χ4v) is 4.51. The summed E-state index contributed by atoms with van der Waals surface area (Å²) in [6.45, 7) is 1.06. The molecule has 1 aromatic heterocycles. The van der Waals surface area contributed by atoms with E-state index in [4.69, 9.17) is 21.1 Å². The van der Waals surface area contributed by atoms with Gasteiger partial charge in [0.05, 0.1) is 36.7 Å². The number of pyridine rings is 1.